The van der Waals surface area contributed by atoms with E-state index in [0.29, 0.717) is 0 Å². The lowest BCUT2D eigenvalue weighted by atomic mass is 9.96. The maximum Gasteiger partial charge on any atom is 0.0223 e. The van der Waals surface area contributed by atoms with Crippen molar-refractivity contribution in [3.8, 4) is 0 Å². The molecule has 3 saturated heterocycles. The van der Waals surface area contributed by atoms with Crippen LogP contribution in [0.15, 0.2) is 0 Å². The van der Waals surface area contributed by atoms with Crippen LogP contribution in [-0.4, -0.2) is 61.2 Å². The normalized spacial score (nSPS) is 34.9. The molecule has 3 nitrogen and oxygen atoms in total. The zero-order valence-electron chi connectivity index (χ0n) is 10.3. The van der Waals surface area contributed by atoms with Gasteiger partial charge in [-0.15, -0.1) is 0 Å². The lowest BCUT2D eigenvalue weighted by molar-refractivity contribution is 0.0202. The summed E-state index contributed by atoms with van der Waals surface area (Å²) in [5.41, 5.74) is 0. The van der Waals surface area contributed by atoms with Gasteiger partial charge in [-0.3, -0.25) is 9.80 Å². The number of piperidine rings is 2. The summed E-state index contributed by atoms with van der Waals surface area (Å²) in [6, 6.07) is 1.77. The number of rotatable bonds is 1. The molecule has 1 atom stereocenters. The van der Waals surface area contributed by atoms with Crippen molar-refractivity contribution in [1.29, 1.82) is 0 Å². The van der Waals surface area contributed by atoms with Crippen molar-refractivity contribution >= 4 is 0 Å². The highest BCUT2D eigenvalue weighted by atomic mass is 15.3. The van der Waals surface area contributed by atoms with Crippen LogP contribution in [0.1, 0.15) is 32.1 Å². The van der Waals surface area contributed by atoms with Crippen molar-refractivity contribution in [1.82, 2.24) is 15.1 Å². The second-order valence-electron chi connectivity index (χ2n) is 5.66. The predicted molar refractivity (Wildman–Crippen MR) is 66.7 cm³/mol. The van der Waals surface area contributed by atoms with Gasteiger partial charge in [0.1, 0.15) is 0 Å². The Balaban J connectivity index is 1.57. The molecule has 3 fully saturated rings. The predicted octanol–water partition coefficient (Wildman–Crippen LogP) is 0.909. The minimum absolute atomic E-state index is 0.880. The molecule has 0 radical (unpaired) electrons. The van der Waals surface area contributed by atoms with Gasteiger partial charge in [0, 0.05) is 31.7 Å². The van der Waals surface area contributed by atoms with Crippen LogP contribution in [0.25, 0.3) is 0 Å². The molecule has 0 amide bonds. The van der Waals surface area contributed by atoms with Gasteiger partial charge < -0.3 is 5.32 Å². The fourth-order valence-electron chi connectivity index (χ4n) is 3.68. The van der Waals surface area contributed by atoms with E-state index in [1.165, 1.54) is 71.4 Å². The molecule has 0 bridgehead atoms. The summed E-state index contributed by atoms with van der Waals surface area (Å²) in [6.07, 6.45) is 7.08. The summed E-state index contributed by atoms with van der Waals surface area (Å²) < 4.78 is 0. The van der Waals surface area contributed by atoms with Gasteiger partial charge >= 0.3 is 0 Å². The smallest absolute Gasteiger partial charge is 0.0223 e. The van der Waals surface area contributed by atoms with Gasteiger partial charge in [0.05, 0.1) is 0 Å². The molecule has 0 aromatic carbocycles. The van der Waals surface area contributed by atoms with E-state index in [-0.39, 0.29) is 0 Å². The standard InChI is InChI=1S/C13H25N3/c1-2-8-15-9-10-16(11-13(15)3-1)12-4-6-14-7-5-12/h12-14H,1-11H2. The molecule has 3 aliphatic rings. The van der Waals surface area contributed by atoms with Gasteiger partial charge in [-0.25, -0.2) is 0 Å². The molecule has 1 N–H and O–H groups in total. The maximum atomic E-state index is 3.47. The lowest BCUT2D eigenvalue weighted by Crippen LogP contribution is -2.58. The quantitative estimate of drug-likeness (QED) is 0.713. The Morgan fingerprint density at radius 2 is 1.56 bits per heavy atom. The maximum absolute atomic E-state index is 3.47. The average Bonchev–Trinajstić information content (AvgIpc) is 2.39. The first kappa shape index (κ1) is 11.0. The van der Waals surface area contributed by atoms with Crippen molar-refractivity contribution in [2.75, 3.05) is 39.3 Å². The van der Waals surface area contributed by atoms with Crippen molar-refractivity contribution in [2.45, 2.75) is 44.2 Å². The minimum Gasteiger partial charge on any atom is -0.317 e. The summed E-state index contributed by atoms with van der Waals surface area (Å²) in [5, 5.41) is 3.47. The van der Waals surface area contributed by atoms with Gasteiger partial charge in [0.2, 0.25) is 0 Å². The van der Waals surface area contributed by atoms with Gasteiger partial charge in [-0.05, 0) is 45.3 Å². The highest BCUT2D eigenvalue weighted by molar-refractivity contribution is 4.89. The number of hydrogen-bond acceptors (Lipinski definition) is 3. The molecule has 0 aromatic rings. The average molecular weight is 223 g/mol. The number of nitrogens with zero attached hydrogens (tertiary/aromatic N) is 2. The molecule has 16 heavy (non-hydrogen) atoms. The van der Waals surface area contributed by atoms with Crippen LogP contribution >= 0.6 is 0 Å². The van der Waals surface area contributed by atoms with E-state index in [2.05, 4.69) is 15.1 Å². The molecular formula is C13H25N3. The first-order chi connectivity index (χ1) is 7.93. The van der Waals surface area contributed by atoms with E-state index < -0.39 is 0 Å². The third-order valence-corrected chi connectivity index (χ3v) is 4.69. The first-order valence-corrected chi connectivity index (χ1v) is 7.12. The Morgan fingerprint density at radius 3 is 2.44 bits per heavy atom. The topological polar surface area (TPSA) is 18.5 Å². The van der Waals surface area contributed by atoms with E-state index in [4.69, 9.17) is 0 Å². The van der Waals surface area contributed by atoms with Gasteiger partial charge in [0.25, 0.3) is 0 Å². The van der Waals surface area contributed by atoms with Crippen molar-refractivity contribution < 1.29 is 0 Å². The number of nitrogens with one attached hydrogen (secondary N) is 1. The van der Waals surface area contributed by atoms with E-state index in [1.807, 2.05) is 0 Å². The van der Waals surface area contributed by atoms with E-state index in [0.717, 1.165) is 12.1 Å². The monoisotopic (exact) mass is 223 g/mol. The van der Waals surface area contributed by atoms with Crippen molar-refractivity contribution in [2.24, 2.45) is 0 Å². The number of fused-ring (bicyclic) bond motifs is 1. The molecule has 0 aliphatic carbocycles. The van der Waals surface area contributed by atoms with Crippen LogP contribution in [0.2, 0.25) is 0 Å². The third-order valence-electron chi connectivity index (χ3n) is 4.69. The minimum atomic E-state index is 0.880. The Labute approximate surface area is 99.2 Å². The molecule has 0 spiro atoms. The number of piperazine rings is 1. The van der Waals surface area contributed by atoms with Crippen LogP contribution in [-0.2, 0) is 0 Å². The van der Waals surface area contributed by atoms with Crippen LogP contribution in [0.5, 0.6) is 0 Å². The van der Waals surface area contributed by atoms with Crippen LogP contribution in [0, 0.1) is 0 Å². The molecule has 3 rings (SSSR count). The van der Waals surface area contributed by atoms with Crippen LogP contribution in [0.4, 0.5) is 0 Å². The Morgan fingerprint density at radius 1 is 0.750 bits per heavy atom. The Kier molecular flexibility index (Phi) is 3.46. The zero-order valence-corrected chi connectivity index (χ0v) is 10.3. The fourth-order valence-corrected chi connectivity index (χ4v) is 3.68. The van der Waals surface area contributed by atoms with Crippen LogP contribution < -0.4 is 5.32 Å². The Bertz CT molecular complexity index is 222. The largest absolute Gasteiger partial charge is 0.317 e. The highest BCUT2D eigenvalue weighted by Crippen LogP contribution is 2.24. The van der Waals surface area contributed by atoms with E-state index in [1.54, 1.807) is 0 Å². The van der Waals surface area contributed by atoms with Gasteiger partial charge in [-0.1, -0.05) is 6.42 Å². The molecule has 3 heterocycles. The van der Waals surface area contributed by atoms with Crippen LogP contribution in [0.3, 0.4) is 0 Å². The van der Waals surface area contributed by atoms with Crippen molar-refractivity contribution in [3.05, 3.63) is 0 Å². The first-order valence-electron chi connectivity index (χ1n) is 7.12. The molecule has 0 aromatic heterocycles. The number of hydrogen-bond donors (Lipinski definition) is 1. The molecule has 0 saturated carbocycles. The van der Waals surface area contributed by atoms with Gasteiger partial charge in [-0.2, -0.15) is 0 Å². The van der Waals surface area contributed by atoms with Crippen molar-refractivity contribution in [3.63, 3.8) is 0 Å². The molecule has 92 valence electrons. The summed E-state index contributed by atoms with van der Waals surface area (Å²) in [7, 11) is 0. The SMILES string of the molecule is C1CCN2CCN(C3CCNCC3)CC2C1. The van der Waals surface area contributed by atoms with E-state index in [9.17, 15) is 0 Å². The molecule has 3 heteroatoms. The van der Waals surface area contributed by atoms with E-state index >= 15 is 0 Å². The summed E-state index contributed by atoms with van der Waals surface area (Å²) >= 11 is 0. The summed E-state index contributed by atoms with van der Waals surface area (Å²) in [6.45, 7) is 7.83. The summed E-state index contributed by atoms with van der Waals surface area (Å²) in [5.74, 6) is 0. The zero-order chi connectivity index (χ0) is 10.8. The Hall–Kier alpha value is -0.120. The van der Waals surface area contributed by atoms with Gasteiger partial charge in [0.15, 0.2) is 0 Å². The second kappa shape index (κ2) is 5.03. The second-order valence-corrected chi connectivity index (χ2v) is 5.66. The molecule has 3 aliphatic heterocycles. The lowest BCUT2D eigenvalue weighted by Gasteiger charge is -2.47. The highest BCUT2D eigenvalue weighted by Gasteiger charge is 2.32. The summed E-state index contributed by atoms with van der Waals surface area (Å²) in [4.78, 5) is 5.52. The molecular weight excluding hydrogens is 198 g/mol. The third kappa shape index (κ3) is 2.27. The molecule has 1 unspecified atom stereocenters. The fraction of sp³-hybridized carbons (Fsp3) is 1.00.